The molecule has 0 saturated heterocycles. The first-order valence-corrected chi connectivity index (χ1v) is 8.75. The van der Waals surface area contributed by atoms with Gasteiger partial charge in [0.05, 0.1) is 11.9 Å². The minimum Gasteiger partial charge on any atom is -0.324 e. The first-order chi connectivity index (χ1) is 10.8. The molecule has 0 aliphatic heterocycles. The number of anilines is 2. The third-order valence-electron chi connectivity index (χ3n) is 3.21. The number of hydrogen-bond donors (Lipinski definition) is 1. The predicted octanol–water partition coefficient (Wildman–Crippen LogP) is 2.62. The topological polar surface area (TPSA) is 66.5 Å². The Morgan fingerprint density at radius 2 is 1.65 bits per heavy atom. The zero-order valence-electron chi connectivity index (χ0n) is 12.7. The van der Waals surface area contributed by atoms with E-state index in [2.05, 4.69) is 5.32 Å². The van der Waals surface area contributed by atoms with Gasteiger partial charge in [0.2, 0.25) is 15.9 Å². The van der Waals surface area contributed by atoms with Crippen LogP contribution in [-0.4, -0.2) is 26.6 Å². The van der Waals surface area contributed by atoms with Crippen LogP contribution in [0, 0.1) is 5.82 Å². The second kappa shape index (κ2) is 6.78. The Kier molecular flexibility index (Phi) is 5.00. The van der Waals surface area contributed by atoms with E-state index in [-0.39, 0.29) is 0 Å². The minimum absolute atomic E-state index is 0.393. The number of benzene rings is 2. The third kappa shape index (κ3) is 4.29. The summed E-state index contributed by atoms with van der Waals surface area (Å²) >= 11 is 0. The van der Waals surface area contributed by atoms with Gasteiger partial charge in [0.15, 0.2) is 0 Å². The molecule has 2 rings (SSSR count). The number of halogens is 1. The molecule has 0 aliphatic carbocycles. The summed E-state index contributed by atoms with van der Waals surface area (Å²) in [5.74, 6) is -0.927. The zero-order chi connectivity index (χ0) is 17.0. The quantitative estimate of drug-likeness (QED) is 0.913. The Labute approximate surface area is 134 Å². The normalized spacial score (nSPS) is 12.5. The highest BCUT2D eigenvalue weighted by Gasteiger charge is 2.28. The molecule has 23 heavy (non-hydrogen) atoms. The molecular formula is C16H17FN2O3S. The molecule has 0 aromatic heterocycles. The number of rotatable bonds is 5. The van der Waals surface area contributed by atoms with Crippen LogP contribution < -0.4 is 9.62 Å². The maximum Gasteiger partial charge on any atom is 0.247 e. The summed E-state index contributed by atoms with van der Waals surface area (Å²) < 4.78 is 38.1. The molecule has 0 fully saturated rings. The Morgan fingerprint density at radius 3 is 2.17 bits per heavy atom. The van der Waals surface area contributed by atoms with Gasteiger partial charge in [-0.05, 0) is 43.3 Å². The van der Waals surface area contributed by atoms with Gasteiger partial charge in [-0.2, -0.15) is 0 Å². The Morgan fingerprint density at radius 1 is 1.09 bits per heavy atom. The predicted molar refractivity (Wildman–Crippen MR) is 88.3 cm³/mol. The van der Waals surface area contributed by atoms with E-state index in [4.69, 9.17) is 0 Å². The maximum absolute atomic E-state index is 12.9. The van der Waals surface area contributed by atoms with Crippen molar-refractivity contribution in [1.82, 2.24) is 0 Å². The van der Waals surface area contributed by atoms with Crippen LogP contribution in [0.1, 0.15) is 6.92 Å². The molecule has 0 saturated carbocycles. The van der Waals surface area contributed by atoms with E-state index < -0.39 is 27.8 Å². The van der Waals surface area contributed by atoms with Gasteiger partial charge >= 0.3 is 0 Å². The molecule has 1 atom stereocenters. The number of nitrogens with zero attached hydrogens (tertiary/aromatic N) is 1. The number of nitrogens with one attached hydrogen (secondary N) is 1. The van der Waals surface area contributed by atoms with Crippen LogP contribution in [0.5, 0.6) is 0 Å². The first-order valence-electron chi connectivity index (χ1n) is 6.90. The van der Waals surface area contributed by atoms with Crippen LogP contribution in [0.2, 0.25) is 0 Å². The number of sulfonamides is 1. The lowest BCUT2D eigenvalue weighted by atomic mass is 10.2. The highest BCUT2D eigenvalue weighted by Crippen LogP contribution is 2.21. The van der Waals surface area contributed by atoms with Gasteiger partial charge in [-0.25, -0.2) is 12.8 Å². The molecule has 7 heteroatoms. The number of hydrogen-bond acceptors (Lipinski definition) is 3. The smallest absolute Gasteiger partial charge is 0.247 e. The number of amides is 1. The lowest BCUT2D eigenvalue weighted by Crippen LogP contribution is -2.45. The fraction of sp³-hybridized carbons (Fsp3) is 0.188. The van der Waals surface area contributed by atoms with Gasteiger partial charge in [-0.3, -0.25) is 9.10 Å². The van der Waals surface area contributed by atoms with E-state index in [0.29, 0.717) is 11.4 Å². The Hall–Kier alpha value is -2.41. The van der Waals surface area contributed by atoms with Crippen molar-refractivity contribution in [3.8, 4) is 0 Å². The van der Waals surface area contributed by atoms with Crippen LogP contribution in [0.15, 0.2) is 54.6 Å². The molecule has 2 aromatic rings. The average molecular weight is 336 g/mol. The van der Waals surface area contributed by atoms with E-state index in [1.54, 1.807) is 30.3 Å². The summed E-state index contributed by atoms with van der Waals surface area (Å²) in [6.07, 6.45) is 1.04. The number of carbonyl (C=O) groups is 1. The highest BCUT2D eigenvalue weighted by molar-refractivity contribution is 7.92. The number of carbonyl (C=O) groups excluding carboxylic acids is 1. The van der Waals surface area contributed by atoms with Crippen LogP contribution in [0.3, 0.4) is 0 Å². The summed E-state index contributed by atoms with van der Waals surface area (Å²) in [6, 6.07) is 12.7. The first kappa shape index (κ1) is 17.0. The van der Waals surface area contributed by atoms with Crippen molar-refractivity contribution in [2.24, 2.45) is 0 Å². The average Bonchev–Trinajstić information content (AvgIpc) is 2.49. The van der Waals surface area contributed by atoms with Crippen molar-refractivity contribution in [2.45, 2.75) is 13.0 Å². The lowest BCUT2D eigenvalue weighted by Gasteiger charge is -2.28. The van der Waals surface area contributed by atoms with E-state index >= 15 is 0 Å². The summed E-state index contributed by atoms with van der Waals surface area (Å²) in [7, 11) is -3.65. The fourth-order valence-corrected chi connectivity index (χ4v) is 3.34. The van der Waals surface area contributed by atoms with Gasteiger partial charge in [0.25, 0.3) is 0 Å². The van der Waals surface area contributed by atoms with Crippen molar-refractivity contribution in [2.75, 3.05) is 15.9 Å². The maximum atomic E-state index is 12.9. The van der Waals surface area contributed by atoms with Crippen LogP contribution in [0.4, 0.5) is 15.8 Å². The van der Waals surface area contributed by atoms with Crippen LogP contribution >= 0.6 is 0 Å². The highest BCUT2D eigenvalue weighted by atomic mass is 32.2. The summed E-state index contributed by atoms with van der Waals surface area (Å²) in [6.45, 7) is 1.49. The van der Waals surface area contributed by atoms with Gasteiger partial charge in [-0.15, -0.1) is 0 Å². The molecule has 1 N–H and O–H groups in total. The second-order valence-corrected chi connectivity index (χ2v) is 6.93. The molecule has 5 nitrogen and oxygen atoms in total. The molecular weight excluding hydrogens is 319 g/mol. The fourth-order valence-electron chi connectivity index (χ4n) is 2.16. The van der Waals surface area contributed by atoms with Crippen molar-refractivity contribution in [1.29, 1.82) is 0 Å². The summed E-state index contributed by atoms with van der Waals surface area (Å²) in [5.41, 5.74) is 0.793. The van der Waals surface area contributed by atoms with Gasteiger partial charge in [-0.1, -0.05) is 18.2 Å². The van der Waals surface area contributed by atoms with E-state index in [1.165, 1.54) is 31.2 Å². The van der Waals surface area contributed by atoms with Gasteiger partial charge in [0, 0.05) is 5.69 Å². The molecule has 0 bridgehead atoms. The third-order valence-corrected chi connectivity index (χ3v) is 4.45. The number of para-hydroxylation sites is 1. The van der Waals surface area contributed by atoms with Crippen molar-refractivity contribution in [3.05, 3.63) is 60.4 Å². The minimum atomic E-state index is -3.65. The van der Waals surface area contributed by atoms with E-state index in [0.717, 1.165) is 10.6 Å². The SMILES string of the molecule is C[C@H](C(=O)Nc1ccc(F)cc1)N(c1ccccc1)S(C)(=O)=O. The molecule has 0 aliphatic rings. The molecule has 0 spiro atoms. The lowest BCUT2D eigenvalue weighted by molar-refractivity contribution is -0.116. The monoisotopic (exact) mass is 336 g/mol. The molecule has 0 radical (unpaired) electrons. The molecule has 0 heterocycles. The Bertz CT molecular complexity index is 777. The van der Waals surface area contributed by atoms with Gasteiger partial charge < -0.3 is 5.32 Å². The summed E-state index contributed by atoms with van der Waals surface area (Å²) in [5, 5.41) is 2.58. The molecule has 0 unspecified atom stereocenters. The second-order valence-electron chi connectivity index (χ2n) is 5.07. The molecule has 2 aromatic carbocycles. The zero-order valence-corrected chi connectivity index (χ0v) is 13.5. The summed E-state index contributed by atoms with van der Waals surface area (Å²) in [4.78, 5) is 12.3. The van der Waals surface area contributed by atoms with Crippen LogP contribution in [0.25, 0.3) is 0 Å². The van der Waals surface area contributed by atoms with E-state index in [1.807, 2.05) is 0 Å². The van der Waals surface area contributed by atoms with Crippen molar-refractivity contribution >= 4 is 27.3 Å². The molecule has 1 amide bonds. The van der Waals surface area contributed by atoms with Crippen molar-refractivity contribution in [3.63, 3.8) is 0 Å². The van der Waals surface area contributed by atoms with E-state index in [9.17, 15) is 17.6 Å². The Balaban J connectivity index is 2.25. The van der Waals surface area contributed by atoms with Crippen molar-refractivity contribution < 1.29 is 17.6 Å². The standard InChI is InChI=1S/C16H17FN2O3S/c1-12(16(20)18-14-10-8-13(17)9-11-14)19(23(2,21)22)15-6-4-3-5-7-15/h3-12H,1-2H3,(H,18,20)/t12-/m1/s1. The molecule has 122 valence electrons. The van der Waals surface area contributed by atoms with Gasteiger partial charge in [0.1, 0.15) is 11.9 Å². The largest absolute Gasteiger partial charge is 0.324 e. The van der Waals surface area contributed by atoms with Crippen LogP contribution in [-0.2, 0) is 14.8 Å².